The molecule has 7 nitrogen and oxygen atoms in total. The van der Waals surface area contributed by atoms with E-state index in [1.807, 2.05) is 36.4 Å². The zero-order valence-corrected chi connectivity index (χ0v) is 22.5. The van der Waals surface area contributed by atoms with Crippen LogP contribution >= 0.6 is 0 Å². The standard InChI is InChI=1S/C31H42N2O5/c1-38-29(35)19-18-24-14-5-6-15-25(24)21-26-16-7-8-17-27(26)30(36)33-28(22-34)31(37)32-20-10-9-13-23-11-3-2-4-12-23/h5-8,14-17,23,28,34H,2-4,9-13,18-22H2,1H3,(H,32,37)(H,33,36). The molecule has 38 heavy (non-hydrogen) atoms. The number of hydrogen-bond acceptors (Lipinski definition) is 5. The Kier molecular flexibility index (Phi) is 12.3. The number of ether oxygens (including phenoxy) is 1. The first-order chi connectivity index (χ1) is 18.5. The molecule has 206 valence electrons. The number of nitrogens with one attached hydrogen (secondary N) is 2. The smallest absolute Gasteiger partial charge is 0.305 e. The Balaban J connectivity index is 1.54. The lowest BCUT2D eigenvalue weighted by Gasteiger charge is -2.21. The Hall–Kier alpha value is -3.19. The fraction of sp³-hybridized carbons (Fsp3) is 0.516. The van der Waals surface area contributed by atoms with Gasteiger partial charge in [0.05, 0.1) is 13.7 Å². The zero-order valence-electron chi connectivity index (χ0n) is 22.5. The molecule has 0 spiro atoms. The van der Waals surface area contributed by atoms with Gasteiger partial charge in [-0.15, -0.1) is 0 Å². The molecule has 1 saturated carbocycles. The molecule has 0 saturated heterocycles. The number of benzene rings is 2. The largest absolute Gasteiger partial charge is 0.469 e. The van der Waals surface area contributed by atoms with Crippen LogP contribution in [0.25, 0.3) is 0 Å². The third-order valence-corrected chi connectivity index (χ3v) is 7.45. The van der Waals surface area contributed by atoms with E-state index in [1.165, 1.54) is 45.6 Å². The highest BCUT2D eigenvalue weighted by Crippen LogP contribution is 2.27. The van der Waals surface area contributed by atoms with Gasteiger partial charge in [0.15, 0.2) is 0 Å². The number of amides is 2. The van der Waals surface area contributed by atoms with Gasteiger partial charge in [-0.1, -0.05) is 87.4 Å². The van der Waals surface area contributed by atoms with Crippen LogP contribution in [0, 0.1) is 5.92 Å². The zero-order chi connectivity index (χ0) is 27.2. The topological polar surface area (TPSA) is 105 Å². The minimum atomic E-state index is -1.01. The second kappa shape index (κ2) is 15.9. The molecule has 1 aliphatic rings. The second-order valence-corrected chi connectivity index (χ2v) is 10.2. The summed E-state index contributed by atoms with van der Waals surface area (Å²) < 4.78 is 4.76. The first-order valence-corrected chi connectivity index (χ1v) is 13.9. The molecule has 0 bridgehead atoms. The number of aryl methyl sites for hydroxylation is 1. The lowest BCUT2D eigenvalue weighted by atomic mass is 9.86. The summed E-state index contributed by atoms with van der Waals surface area (Å²) in [5, 5.41) is 15.4. The number of aliphatic hydroxyl groups is 1. The van der Waals surface area contributed by atoms with Gasteiger partial charge >= 0.3 is 5.97 Å². The molecule has 7 heteroatoms. The monoisotopic (exact) mass is 522 g/mol. The number of carbonyl (C=O) groups excluding carboxylic acids is 3. The Labute approximate surface area is 226 Å². The summed E-state index contributed by atoms with van der Waals surface area (Å²) >= 11 is 0. The Bertz CT molecular complexity index is 1050. The van der Waals surface area contributed by atoms with Gasteiger partial charge in [-0.05, 0) is 47.9 Å². The van der Waals surface area contributed by atoms with Gasteiger partial charge in [0, 0.05) is 18.5 Å². The van der Waals surface area contributed by atoms with Crippen LogP contribution in [0.1, 0.15) is 84.8 Å². The molecule has 2 amide bonds. The normalized spacial score (nSPS) is 14.5. The molecule has 3 N–H and O–H groups in total. The van der Waals surface area contributed by atoms with E-state index < -0.39 is 18.6 Å². The number of aliphatic hydroxyl groups excluding tert-OH is 1. The maximum Gasteiger partial charge on any atom is 0.305 e. The average molecular weight is 523 g/mol. The number of esters is 1. The Morgan fingerprint density at radius 1 is 0.947 bits per heavy atom. The predicted molar refractivity (Wildman–Crippen MR) is 148 cm³/mol. The summed E-state index contributed by atoms with van der Waals surface area (Å²) in [7, 11) is 1.38. The van der Waals surface area contributed by atoms with Crippen molar-refractivity contribution in [3.05, 3.63) is 70.8 Å². The van der Waals surface area contributed by atoms with E-state index in [2.05, 4.69) is 10.6 Å². The maximum absolute atomic E-state index is 13.2. The van der Waals surface area contributed by atoms with Crippen molar-refractivity contribution < 1.29 is 24.2 Å². The minimum Gasteiger partial charge on any atom is -0.469 e. The van der Waals surface area contributed by atoms with Crippen LogP contribution in [0.3, 0.4) is 0 Å². The highest BCUT2D eigenvalue weighted by molar-refractivity contribution is 5.98. The lowest BCUT2D eigenvalue weighted by molar-refractivity contribution is -0.140. The van der Waals surface area contributed by atoms with Crippen LogP contribution in [0.4, 0.5) is 0 Å². The van der Waals surface area contributed by atoms with Crippen molar-refractivity contribution in [1.82, 2.24) is 10.6 Å². The molecule has 2 aromatic carbocycles. The van der Waals surface area contributed by atoms with Crippen LogP contribution < -0.4 is 10.6 Å². The summed E-state index contributed by atoms with van der Waals surface area (Å²) in [6.07, 6.45) is 11.2. The van der Waals surface area contributed by atoms with Crippen molar-refractivity contribution in [2.75, 3.05) is 20.3 Å². The molecule has 1 aliphatic carbocycles. The van der Waals surface area contributed by atoms with Crippen molar-refractivity contribution in [2.24, 2.45) is 5.92 Å². The van der Waals surface area contributed by atoms with E-state index in [1.54, 1.807) is 12.1 Å². The minimum absolute atomic E-state index is 0.267. The van der Waals surface area contributed by atoms with E-state index in [9.17, 15) is 19.5 Å². The summed E-state index contributed by atoms with van der Waals surface area (Å²) in [6, 6.07) is 14.1. The average Bonchev–Trinajstić information content (AvgIpc) is 2.95. The van der Waals surface area contributed by atoms with Crippen LogP contribution in [0.15, 0.2) is 48.5 Å². The molecular formula is C31H42N2O5. The summed E-state index contributed by atoms with van der Waals surface area (Å²) in [6.45, 7) is 0.0645. The first-order valence-electron chi connectivity index (χ1n) is 13.9. The van der Waals surface area contributed by atoms with Crippen LogP contribution in [0.5, 0.6) is 0 Å². The molecule has 0 radical (unpaired) electrons. The number of rotatable bonds is 14. The highest BCUT2D eigenvalue weighted by Gasteiger charge is 2.22. The summed E-state index contributed by atoms with van der Waals surface area (Å²) in [4.78, 5) is 37.4. The van der Waals surface area contributed by atoms with E-state index >= 15 is 0 Å². The van der Waals surface area contributed by atoms with Crippen molar-refractivity contribution in [2.45, 2.75) is 76.7 Å². The van der Waals surface area contributed by atoms with Crippen LogP contribution in [-0.4, -0.2) is 49.2 Å². The van der Waals surface area contributed by atoms with Crippen molar-refractivity contribution in [3.8, 4) is 0 Å². The van der Waals surface area contributed by atoms with E-state index in [-0.39, 0.29) is 18.3 Å². The molecule has 0 aliphatic heterocycles. The number of unbranched alkanes of at least 4 members (excludes halogenated alkanes) is 1. The molecule has 2 aromatic rings. The predicted octanol–water partition coefficient (Wildman–Crippen LogP) is 4.34. The van der Waals surface area contributed by atoms with E-state index in [4.69, 9.17) is 4.74 Å². The Morgan fingerprint density at radius 3 is 2.34 bits per heavy atom. The molecule has 0 aromatic heterocycles. The summed E-state index contributed by atoms with van der Waals surface area (Å²) in [5.74, 6) is -0.218. The fourth-order valence-corrected chi connectivity index (χ4v) is 5.21. The van der Waals surface area contributed by atoms with Gasteiger partial charge in [0.25, 0.3) is 5.91 Å². The third-order valence-electron chi connectivity index (χ3n) is 7.45. The molecule has 1 atom stereocenters. The second-order valence-electron chi connectivity index (χ2n) is 10.2. The SMILES string of the molecule is COC(=O)CCc1ccccc1Cc1ccccc1C(=O)NC(CO)C(=O)NCCCCC1CCCCC1. The number of hydrogen-bond donors (Lipinski definition) is 3. The van der Waals surface area contributed by atoms with Crippen LogP contribution in [-0.2, 0) is 27.2 Å². The molecule has 3 rings (SSSR count). The first kappa shape index (κ1) is 29.4. The van der Waals surface area contributed by atoms with Gasteiger partial charge in [-0.2, -0.15) is 0 Å². The van der Waals surface area contributed by atoms with Crippen molar-refractivity contribution in [3.63, 3.8) is 0 Å². The van der Waals surface area contributed by atoms with Gasteiger partial charge in [0.2, 0.25) is 5.91 Å². The van der Waals surface area contributed by atoms with Gasteiger partial charge < -0.3 is 20.5 Å². The van der Waals surface area contributed by atoms with Crippen LogP contribution in [0.2, 0.25) is 0 Å². The third kappa shape index (κ3) is 9.28. The van der Waals surface area contributed by atoms with Gasteiger partial charge in [-0.3, -0.25) is 14.4 Å². The molecule has 0 heterocycles. The van der Waals surface area contributed by atoms with Gasteiger partial charge in [0.1, 0.15) is 6.04 Å². The Morgan fingerprint density at radius 2 is 1.63 bits per heavy atom. The summed E-state index contributed by atoms with van der Waals surface area (Å²) in [5.41, 5.74) is 3.29. The van der Waals surface area contributed by atoms with Crippen molar-refractivity contribution >= 4 is 17.8 Å². The molecular weight excluding hydrogens is 480 g/mol. The van der Waals surface area contributed by atoms with E-state index in [0.29, 0.717) is 24.9 Å². The lowest BCUT2D eigenvalue weighted by Crippen LogP contribution is -2.49. The molecule has 1 fully saturated rings. The quantitative estimate of drug-likeness (QED) is 0.253. The fourth-order valence-electron chi connectivity index (χ4n) is 5.21. The number of carbonyl (C=O) groups is 3. The number of methoxy groups -OCH3 is 1. The van der Waals surface area contributed by atoms with Crippen molar-refractivity contribution in [1.29, 1.82) is 0 Å². The molecule has 1 unspecified atom stereocenters. The maximum atomic E-state index is 13.2. The van der Waals surface area contributed by atoms with Gasteiger partial charge in [-0.25, -0.2) is 0 Å². The highest BCUT2D eigenvalue weighted by atomic mass is 16.5. The van der Waals surface area contributed by atoms with E-state index in [0.717, 1.165) is 35.4 Å².